The highest BCUT2D eigenvalue weighted by atomic mass is 79.9. The molecule has 0 aromatic heterocycles. The second kappa shape index (κ2) is 4.87. The third kappa shape index (κ3) is 2.23. The lowest BCUT2D eigenvalue weighted by Gasteiger charge is -2.32. The first-order chi connectivity index (χ1) is 8.74. The van der Waals surface area contributed by atoms with Crippen LogP contribution in [0, 0.1) is 0 Å². The van der Waals surface area contributed by atoms with Gasteiger partial charge < -0.3 is 5.73 Å². The summed E-state index contributed by atoms with van der Waals surface area (Å²) in [4.78, 5) is 0. The maximum Gasteiger partial charge on any atom is 0.0300 e. The molecule has 2 N–H and O–H groups in total. The normalized spacial score (nSPS) is 18.9. The fourth-order valence-electron chi connectivity index (χ4n) is 2.73. The van der Waals surface area contributed by atoms with Crippen molar-refractivity contribution in [3.8, 4) is 0 Å². The average Bonchev–Trinajstić information content (AvgIpc) is 2.36. The van der Waals surface area contributed by atoms with Gasteiger partial charge in [0.1, 0.15) is 0 Å². The van der Waals surface area contributed by atoms with Crippen LogP contribution in [0.4, 0.5) is 0 Å². The van der Waals surface area contributed by atoms with Gasteiger partial charge in [-0.25, -0.2) is 0 Å². The van der Waals surface area contributed by atoms with Crippen molar-refractivity contribution < 1.29 is 0 Å². The van der Waals surface area contributed by atoms with Gasteiger partial charge in [0.05, 0.1) is 0 Å². The molecule has 0 radical (unpaired) electrons. The number of rotatable bonds is 3. The van der Waals surface area contributed by atoms with Crippen LogP contribution < -0.4 is 5.73 Å². The summed E-state index contributed by atoms with van der Waals surface area (Å²) in [5, 5.41) is 0. The molecule has 2 heteroatoms. The van der Waals surface area contributed by atoms with Crippen LogP contribution in [-0.4, -0.2) is 0 Å². The minimum Gasteiger partial charge on any atom is -0.324 e. The smallest absolute Gasteiger partial charge is 0.0300 e. The highest BCUT2D eigenvalue weighted by Gasteiger charge is 2.27. The van der Waals surface area contributed by atoms with E-state index in [2.05, 4.69) is 64.5 Å². The predicted octanol–water partition coefficient (Wildman–Crippen LogP) is 4.18. The lowest BCUT2D eigenvalue weighted by atomic mass is 9.74. The van der Waals surface area contributed by atoms with Crippen molar-refractivity contribution in [2.75, 3.05) is 0 Å². The molecule has 2 aromatic rings. The summed E-state index contributed by atoms with van der Waals surface area (Å²) in [7, 11) is 0. The molecule has 1 aliphatic rings. The Kier molecular flexibility index (Phi) is 3.23. The van der Waals surface area contributed by atoms with Gasteiger partial charge in [0.2, 0.25) is 0 Å². The number of nitrogens with two attached hydrogens (primary N) is 1. The van der Waals surface area contributed by atoms with E-state index in [0.29, 0.717) is 5.92 Å². The number of benzene rings is 2. The molecule has 0 fully saturated rings. The SMILES string of the molecule is NC(CC1Cc2ccccc21)c1ccc(Br)cc1. The summed E-state index contributed by atoms with van der Waals surface area (Å²) >= 11 is 3.45. The highest BCUT2D eigenvalue weighted by Crippen LogP contribution is 2.40. The van der Waals surface area contributed by atoms with Gasteiger partial charge in [-0.2, -0.15) is 0 Å². The van der Waals surface area contributed by atoms with E-state index in [4.69, 9.17) is 5.73 Å². The Hall–Kier alpha value is -1.12. The molecule has 0 saturated heterocycles. The third-order valence-electron chi connectivity index (χ3n) is 3.80. The van der Waals surface area contributed by atoms with E-state index in [1.807, 2.05) is 0 Å². The van der Waals surface area contributed by atoms with Crippen LogP contribution >= 0.6 is 15.9 Å². The largest absolute Gasteiger partial charge is 0.324 e. The van der Waals surface area contributed by atoms with Gasteiger partial charge in [-0.3, -0.25) is 0 Å². The summed E-state index contributed by atoms with van der Waals surface area (Å²) in [5.41, 5.74) is 10.5. The third-order valence-corrected chi connectivity index (χ3v) is 4.33. The van der Waals surface area contributed by atoms with Crippen LogP contribution in [0.3, 0.4) is 0 Å². The molecule has 92 valence electrons. The van der Waals surface area contributed by atoms with Crippen LogP contribution in [0.1, 0.15) is 35.1 Å². The fraction of sp³-hybridized carbons (Fsp3) is 0.250. The van der Waals surface area contributed by atoms with E-state index in [1.54, 1.807) is 0 Å². The summed E-state index contributed by atoms with van der Waals surface area (Å²) < 4.78 is 1.10. The maximum atomic E-state index is 6.30. The van der Waals surface area contributed by atoms with Crippen molar-refractivity contribution in [2.24, 2.45) is 5.73 Å². The molecule has 0 bridgehead atoms. The van der Waals surface area contributed by atoms with E-state index in [0.717, 1.165) is 10.9 Å². The van der Waals surface area contributed by atoms with Gasteiger partial charge in [0.15, 0.2) is 0 Å². The Morgan fingerprint density at radius 2 is 1.83 bits per heavy atom. The molecular formula is C16H16BrN. The van der Waals surface area contributed by atoms with Crippen LogP contribution in [0.5, 0.6) is 0 Å². The molecule has 0 amide bonds. The zero-order chi connectivity index (χ0) is 12.5. The van der Waals surface area contributed by atoms with Gasteiger partial charge in [-0.15, -0.1) is 0 Å². The lowest BCUT2D eigenvalue weighted by Crippen LogP contribution is -2.22. The first kappa shape index (κ1) is 11.9. The summed E-state index contributed by atoms with van der Waals surface area (Å²) in [6.45, 7) is 0. The average molecular weight is 302 g/mol. The molecule has 2 atom stereocenters. The van der Waals surface area contributed by atoms with Gasteiger partial charge in [-0.1, -0.05) is 52.3 Å². The molecule has 18 heavy (non-hydrogen) atoms. The van der Waals surface area contributed by atoms with Crippen molar-refractivity contribution >= 4 is 15.9 Å². The molecule has 0 heterocycles. The van der Waals surface area contributed by atoms with Crippen molar-refractivity contribution in [2.45, 2.75) is 24.8 Å². The van der Waals surface area contributed by atoms with Crippen LogP contribution in [0.15, 0.2) is 53.0 Å². The van der Waals surface area contributed by atoms with Crippen molar-refractivity contribution in [1.82, 2.24) is 0 Å². The van der Waals surface area contributed by atoms with Gasteiger partial charge in [0, 0.05) is 10.5 Å². The fourth-order valence-corrected chi connectivity index (χ4v) is 2.99. The van der Waals surface area contributed by atoms with E-state index in [-0.39, 0.29) is 6.04 Å². The standard InChI is InChI=1S/C16H16BrN/c17-14-7-5-11(6-8-14)16(18)10-13-9-12-3-1-2-4-15(12)13/h1-8,13,16H,9-10,18H2. The summed E-state index contributed by atoms with van der Waals surface area (Å²) in [6, 6.07) is 17.2. The van der Waals surface area contributed by atoms with E-state index in [9.17, 15) is 0 Å². The zero-order valence-corrected chi connectivity index (χ0v) is 11.7. The number of fused-ring (bicyclic) bond motifs is 1. The van der Waals surface area contributed by atoms with Gasteiger partial charge >= 0.3 is 0 Å². The van der Waals surface area contributed by atoms with E-state index >= 15 is 0 Å². The Morgan fingerprint density at radius 1 is 1.11 bits per heavy atom. The molecular weight excluding hydrogens is 286 g/mol. The summed E-state index contributed by atoms with van der Waals surface area (Å²) in [6.07, 6.45) is 2.22. The maximum absolute atomic E-state index is 6.30. The molecule has 0 spiro atoms. The Labute approximate surface area is 116 Å². The molecule has 1 nitrogen and oxygen atoms in total. The first-order valence-electron chi connectivity index (χ1n) is 6.33. The summed E-state index contributed by atoms with van der Waals surface area (Å²) in [5.74, 6) is 0.639. The molecule has 0 saturated carbocycles. The lowest BCUT2D eigenvalue weighted by molar-refractivity contribution is 0.498. The quantitative estimate of drug-likeness (QED) is 0.904. The Morgan fingerprint density at radius 3 is 2.56 bits per heavy atom. The van der Waals surface area contributed by atoms with Gasteiger partial charge in [0.25, 0.3) is 0 Å². The molecule has 0 aliphatic heterocycles. The monoisotopic (exact) mass is 301 g/mol. The van der Waals surface area contributed by atoms with E-state index in [1.165, 1.54) is 23.1 Å². The highest BCUT2D eigenvalue weighted by molar-refractivity contribution is 9.10. The number of halogens is 1. The van der Waals surface area contributed by atoms with Crippen molar-refractivity contribution in [1.29, 1.82) is 0 Å². The molecule has 2 aromatic carbocycles. The van der Waals surface area contributed by atoms with E-state index < -0.39 is 0 Å². The Bertz CT molecular complexity index is 547. The van der Waals surface area contributed by atoms with Gasteiger partial charge in [-0.05, 0) is 47.6 Å². The van der Waals surface area contributed by atoms with Crippen LogP contribution in [0.2, 0.25) is 0 Å². The second-order valence-electron chi connectivity index (χ2n) is 4.99. The Balaban J connectivity index is 1.70. The first-order valence-corrected chi connectivity index (χ1v) is 7.12. The molecule has 2 unspecified atom stereocenters. The minimum atomic E-state index is 0.136. The minimum absolute atomic E-state index is 0.136. The van der Waals surface area contributed by atoms with Crippen LogP contribution in [0.25, 0.3) is 0 Å². The zero-order valence-electron chi connectivity index (χ0n) is 10.1. The number of hydrogen-bond donors (Lipinski definition) is 1. The molecule has 1 aliphatic carbocycles. The topological polar surface area (TPSA) is 26.0 Å². The predicted molar refractivity (Wildman–Crippen MR) is 78.6 cm³/mol. The number of hydrogen-bond acceptors (Lipinski definition) is 1. The second-order valence-corrected chi connectivity index (χ2v) is 5.91. The molecule has 3 rings (SSSR count). The van der Waals surface area contributed by atoms with Crippen LogP contribution in [-0.2, 0) is 6.42 Å². The van der Waals surface area contributed by atoms with Crippen molar-refractivity contribution in [3.63, 3.8) is 0 Å². The van der Waals surface area contributed by atoms with Crippen molar-refractivity contribution in [3.05, 3.63) is 69.7 Å².